The molecule has 0 aliphatic rings. The Kier molecular flexibility index (Phi) is 3.72. The highest BCUT2D eigenvalue weighted by Gasteiger charge is 2.07. The zero-order valence-corrected chi connectivity index (χ0v) is 8.28. The zero-order valence-electron chi connectivity index (χ0n) is 8.28. The number of phenolic OH excluding ortho intramolecular Hbond substituents is 1. The number of carbonyl (C=O) groups is 1. The molecule has 0 aliphatic carbocycles. The molecule has 3 N–H and O–H groups in total. The molecular formula is C11H11NO3. The topological polar surface area (TPSA) is 72.5 Å². The molecule has 0 saturated heterocycles. The first-order valence-corrected chi connectivity index (χ1v) is 4.29. The highest BCUT2D eigenvalue weighted by molar-refractivity contribution is 5.90. The molecule has 0 unspecified atom stereocenters. The molecule has 0 bridgehead atoms. The Bertz CT molecular complexity index is 429. The Balaban J connectivity index is 3.10. The number of ether oxygens (including phenoxy) is 1. The number of esters is 1. The summed E-state index contributed by atoms with van der Waals surface area (Å²) in [5.41, 5.74) is 5.91. The number of phenols is 1. The molecule has 1 aromatic carbocycles. The van der Waals surface area contributed by atoms with Gasteiger partial charge >= 0.3 is 5.97 Å². The molecule has 78 valence electrons. The standard InChI is InChI=1S/C11H11NO3/c1-15-11(14)9-4-5-10(13)8(7-9)3-2-6-12/h4-5,7,13H,6,12H2,1H3. The zero-order chi connectivity index (χ0) is 11.3. The average Bonchev–Trinajstić information content (AvgIpc) is 2.27. The van der Waals surface area contributed by atoms with E-state index in [-0.39, 0.29) is 12.3 Å². The van der Waals surface area contributed by atoms with Gasteiger partial charge in [0.15, 0.2) is 0 Å². The molecule has 0 aliphatic heterocycles. The molecule has 0 fully saturated rings. The van der Waals surface area contributed by atoms with E-state index in [1.807, 2.05) is 0 Å². The van der Waals surface area contributed by atoms with Crippen LogP contribution >= 0.6 is 0 Å². The number of aromatic hydroxyl groups is 1. The van der Waals surface area contributed by atoms with Crippen molar-refractivity contribution in [1.29, 1.82) is 0 Å². The van der Waals surface area contributed by atoms with E-state index in [1.54, 1.807) is 0 Å². The van der Waals surface area contributed by atoms with E-state index in [1.165, 1.54) is 25.3 Å². The Morgan fingerprint density at radius 2 is 2.33 bits per heavy atom. The third-order valence-corrected chi connectivity index (χ3v) is 1.74. The number of methoxy groups -OCH3 is 1. The molecule has 15 heavy (non-hydrogen) atoms. The number of carbonyl (C=O) groups excluding carboxylic acids is 1. The molecule has 0 radical (unpaired) electrons. The van der Waals surface area contributed by atoms with Crippen LogP contribution in [0.4, 0.5) is 0 Å². The quantitative estimate of drug-likeness (QED) is 0.517. The summed E-state index contributed by atoms with van der Waals surface area (Å²) in [4.78, 5) is 11.2. The second-order valence-electron chi connectivity index (χ2n) is 2.73. The van der Waals surface area contributed by atoms with Crippen LogP contribution < -0.4 is 5.73 Å². The Labute approximate surface area is 87.7 Å². The molecule has 1 rings (SSSR count). The average molecular weight is 205 g/mol. The molecule has 0 heterocycles. The lowest BCUT2D eigenvalue weighted by Gasteiger charge is -2.01. The number of benzene rings is 1. The first-order valence-electron chi connectivity index (χ1n) is 4.29. The lowest BCUT2D eigenvalue weighted by Crippen LogP contribution is -2.01. The molecule has 0 spiro atoms. The van der Waals surface area contributed by atoms with Crippen molar-refractivity contribution >= 4 is 5.97 Å². The van der Waals surface area contributed by atoms with E-state index in [0.29, 0.717) is 11.1 Å². The monoisotopic (exact) mass is 205 g/mol. The fraction of sp³-hybridized carbons (Fsp3) is 0.182. The van der Waals surface area contributed by atoms with E-state index in [2.05, 4.69) is 16.6 Å². The number of hydrogen-bond acceptors (Lipinski definition) is 4. The summed E-state index contributed by atoms with van der Waals surface area (Å²) in [6, 6.07) is 4.32. The van der Waals surface area contributed by atoms with Gasteiger partial charge in [-0.25, -0.2) is 4.79 Å². The van der Waals surface area contributed by atoms with E-state index in [0.717, 1.165) is 0 Å². The van der Waals surface area contributed by atoms with Crippen LogP contribution in [0.25, 0.3) is 0 Å². The molecule has 0 aromatic heterocycles. The minimum atomic E-state index is -0.467. The van der Waals surface area contributed by atoms with Crippen molar-refractivity contribution in [2.45, 2.75) is 0 Å². The van der Waals surface area contributed by atoms with Gasteiger partial charge in [0.25, 0.3) is 0 Å². The van der Waals surface area contributed by atoms with Gasteiger partial charge in [-0.3, -0.25) is 0 Å². The van der Waals surface area contributed by atoms with Gasteiger partial charge in [0.1, 0.15) is 5.75 Å². The lowest BCUT2D eigenvalue weighted by molar-refractivity contribution is 0.0600. The summed E-state index contributed by atoms with van der Waals surface area (Å²) < 4.78 is 4.54. The number of nitrogens with two attached hydrogens (primary N) is 1. The highest BCUT2D eigenvalue weighted by atomic mass is 16.5. The maximum absolute atomic E-state index is 11.2. The van der Waals surface area contributed by atoms with Crippen molar-refractivity contribution in [1.82, 2.24) is 0 Å². The van der Waals surface area contributed by atoms with Crippen molar-refractivity contribution < 1.29 is 14.6 Å². The minimum Gasteiger partial charge on any atom is -0.507 e. The summed E-state index contributed by atoms with van der Waals surface area (Å²) in [6.45, 7) is 0.196. The lowest BCUT2D eigenvalue weighted by atomic mass is 10.1. The smallest absolute Gasteiger partial charge is 0.337 e. The van der Waals surface area contributed by atoms with Gasteiger partial charge in [0.2, 0.25) is 0 Å². The molecule has 0 saturated carbocycles. The maximum atomic E-state index is 11.2. The second kappa shape index (κ2) is 5.03. The van der Waals surface area contributed by atoms with Crippen molar-refractivity contribution in [2.75, 3.05) is 13.7 Å². The fourth-order valence-electron chi connectivity index (χ4n) is 1.03. The van der Waals surface area contributed by atoms with Crippen LogP contribution in [0.5, 0.6) is 5.75 Å². The Morgan fingerprint density at radius 3 is 2.93 bits per heavy atom. The van der Waals surface area contributed by atoms with Gasteiger partial charge in [-0.05, 0) is 18.2 Å². The van der Waals surface area contributed by atoms with Crippen LogP contribution in [0.3, 0.4) is 0 Å². The van der Waals surface area contributed by atoms with Gasteiger partial charge in [-0.2, -0.15) is 0 Å². The Morgan fingerprint density at radius 1 is 1.60 bits per heavy atom. The van der Waals surface area contributed by atoms with Gasteiger partial charge in [0.05, 0.1) is 24.8 Å². The molecule has 1 aromatic rings. The molecule has 4 nitrogen and oxygen atoms in total. The van der Waals surface area contributed by atoms with Crippen LogP contribution in [0.15, 0.2) is 18.2 Å². The van der Waals surface area contributed by atoms with Crippen molar-refractivity contribution in [3.63, 3.8) is 0 Å². The molecule has 4 heteroatoms. The van der Waals surface area contributed by atoms with E-state index in [9.17, 15) is 9.90 Å². The first kappa shape index (κ1) is 11.1. The number of hydrogen-bond donors (Lipinski definition) is 2. The third-order valence-electron chi connectivity index (χ3n) is 1.74. The van der Waals surface area contributed by atoms with Crippen molar-refractivity contribution in [2.24, 2.45) is 5.73 Å². The summed E-state index contributed by atoms with van der Waals surface area (Å²) in [6.07, 6.45) is 0. The normalized spacial score (nSPS) is 8.93. The van der Waals surface area contributed by atoms with Crippen LogP contribution in [0.1, 0.15) is 15.9 Å². The van der Waals surface area contributed by atoms with E-state index >= 15 is 0 Å². The van der Waals surface area contributed by atoms with Gasteiger partial charge in [-0.1, -0.05) is 11.8 Å². The third kappa shape index (κ3) is 2.73. The van der Waals surface area contributed by atoms with E-state index < -0.39 is 5.97 Å². The molecule has 0 amide bonds. The predicted octanol–water partition coefficient (Wildman–Crippen LogP) is 0.489. The summed E-state index contributed by atoms with van der Waals surface area (Å²) in [5, 5.41) is 9.42. The van der Waals surface area contributed by atoms with Crippen molar-refractivity contribution in [3.8, 4) is 17.6 Å². The van der Waals surface area contributed by atoms with Crippen LogP contribution in [-0.2, 0) is 4.74 Å². The predicted molar refractivity (Wildman–Crippen MR) is 55.4 cm³/mol. The SMILES string of the molecule is COC(=O)c1ccc(O)c(C#CCN)c1. The van der Waals surface area contributed by atoms with Crippen LogP contribution in [0.2, 0.25) is 0 Å². The molecular weight excluding hydrogens is 194 g/mol. The summed E-state index contributed by atoms with van der Waals surface area (Å²) >= 11 is 0. The second-order valence-corrected chi connectivity index (χ2v) is 2.73. The highest BCUT2D eigenvalue weighted by Crippen LogP contribution is 2.17. The van der Waals surface area contributed by atoms with Gasteiger partial charge < -0.3 is 15.6 Å². The summed E-state index contributed by atoms with van der Waals surface area (Å²) in [5.74, 6) is 4.80. The largest absolute Gasteiger partial charge is 0.507 e. The van der Waals surface area contributed by atoms with Crippen LogP contribution in [-0.4, -0.2) is 24.7 Å². The van der Waals surface area contributed by atoms with Crippen molar-refractivity contribution in [3.05, 3.63) is 29.3 Å². The first-order chi connectivity index (χ1) is 7.19. The summed E-state index contributed by atoms with van der Waals surface area (Å²) in [7, 11) is 1.29. The van der Waals surface area contributed by atoms with E-state index in [4.69, 9.17) is 5.73 Å². The Hall–Kier alpha value is -1.99. The van der Waals surface area contributed by atoms with Gasteiger partial charge in [-0.15, -0.1) is 0 Å². The van der Waals surface area contributed by atoms with Crippen LogP contribution in [0, 0.1) is 11.8 Å². The molecule has 0 atom stereocenters. The van der Waals surface area contributed by atoms with Gasteiger partial charge in [0, 0.05) is 0 Å². The minimum absolute atomic E-state index is 0.0172. The maximum Gasteiger partial charge on any atom is 0.337 e. The fourth-order valence-corrected chi connectivity index (χ4v) is 1.03. The number of rotatable bonds is 1.